The topological polar surface area (TPSA) is 52.7 Å². The van der Waals surface area contributed by atoms with Gasteiger partial charge in [0.15, 0.2) is 0 Å². The molecule has 0 N–H and O–H groups in total. The van der Waals surface area contributed by atoms with Gasteiger partial charge in [0.05, 0.1) is 6.54 Å². The summed E-state index contributed by atoms with van der Waals surface area (Å²) in [7, 11) is 0. The molecule has 0 amide bonds. The highest BCUT2D eigenvalue weighted by molar-refractivity contribution is 7.12. The standard InChI is InChI=1S/C13H12N4OS/c1-10-5-2-3-6-11(10)9-16-13(18)17(15-14-16)12-7-4-8-19-12/h2-8H,9H2,1H3. The fourth-order valence-electron chi connectivity index (χ4n) is 1.85. The van der Waals surface area contributed by atoms with Crippen molar-refractivity contribution in [1.82, 2.24) is 19.8 Å². The fraction of sp³-hybridized carbons (Fsp3) is 0.154. The van der Waals surface area contributed by atoms with Gasteiger partial charge in [-0.15, -0.1) is 11.3 Å². The van der Waals surface area contributed by atoms with E-state index in [4.69, 9.17) is 0 Å². The molecule has 2 heterocycles. The van der Waals surface area contributed by atoms with E-state index >= 15 is 0 Å². The Balaban J connectivity index is 1.96. The van der Waals surface area contributed by atoms with Gasteiger partial charge in [0.2, 0.25) is 0 Å². The quantitative estimate of drug-likeness (QED) is 0.731. The highest BCUT2D eigenvalue weighted by Gasteiger charge is 2.10. The van der Waals surface area contributed by atoms with Crippen LogP contribution in [-0.2, 0) is 6.54 Å². The molecule has 0 bridgehead atoms. The molecule has 0 atom stereocenters. The summed E-state index contributed by atoms with van der Waals surface area (Å²) in [5.74, 6) is 0. The minimum absolute atomic E-state index is 0.217. The third kappa shape index (κ3) is 2.22. The van der Waals surface area contributed by atoms with Crippen LogP contribution in [0, 0.1) is 6.92 Å². The van der Waals surface area contributed by atoms with Crippen molar-refractivity contribution in [3.63, 3.8) is 0 Å². The molecule has 5 nitrogen and oxygen atoms in total. The van der Waals surface area contributed by atoms with Gasteiger partial charge in [-0.25, -0.2) is 4.79 Å². The smallest absolute Gasteiger partial charge is 0.244 e. The van der Waals surface area contributed by atoms with Gasteiger partial charge < -0.3 is 0 Å². The lowest BCUT2D eigenvalue weighted by Gasteiger charge is -2.03. The Morgan fingerprint density at radius 2 is 2.00 bits per heavy atom. The number of aryl methyl sites for hydroxylation is 1. The van der Waals surface area contributed by atoms with E-state index in [-0.39, 0.29) is 5.69 Å². The van der Waals surface area contributed by atoms with Gasteiger partial charge in [0, 0.05) is 0 Å². The molecule has 96 valence electrons. The summed E-state index contributed by atoms with van der Waals surface area (Å²) in [5, 5.41) is 10.5. The number of hydrogen-bond donors (Lipinski definition) is 0. The molecule has 0 saturated carbocycles. The molecule has 3 rings (SSSR count). The summed E-state index contributed by atoms with van der Waals surface area (Å²) in [5.41, 5.74) is 1.99. The average molecular weight is 272 g/mol. The molecule has 0 radical (unpaired) electrons. The van der Waals surface area contributed by atoms with Crippen molar-refractivity contribution in [2.75, 3.05) is 0 Å². The number of tetrazole rings is 1. The highest BCUT2D eigenvalue weighted by atomic mass is 32.1. The van der Waals surface area contributed by atoms with Gasteiger partial charge in [-0.3, -0.25) is 0 Å². The largest absolute Gasteiger partial charge is 0.369 e. The summed E-state index contributed by atoms with van der Waals surface area (Å²) in [6.07, 6.45) is 0. The predicted molar refractivity (Wildman–Crippen MR) is 73.8 cm³/mol. The van der Waals surface area contributed by atoms with E-state index in [0.29, 0.717) is 6.54 Å². The molecule has 0 unspecified atom stereocenters. The van der Waals surface area contributed by atoms with Crippen LogP contribution < -0.4 is 5.69 Å². The number of rotatable bonds is 3. The number of aromatic nitrogens is 4. The van der Waals surface area contributed by atoms with Crippen molar-refractivity contribution in [3.05, 3.63) is 63.4 Å². The average Bonchev–Trinajstić information content (AvgIpc) is 3.03. The second kappa shape index (κ2) is 4.81. The Morgan fingerprint density at radius 1 is 1.16 bits per heavy atom. The van der Waals surface area contributed by atoms with Crippen LogP contribution in [-0.4, -0.2) is 19.8 Å². The second-order valence-corrected chi connectivity index (χ2v) is 5.13. The Hall–Kier alpha value is -2.21. The highest BCUT2D eigenvalue weighted by Crippen LogP contribution is 2.11. The first-order valence-electron chi connectivity index (χ1n) is 5.87. The third-order valence-corrected chi connectivity index (χ3v) is 3.78. The van der Waals surface area contributed by atoms with Crippen LogP contribution in [0.25, 0.3) is 5.00 Å². The first-order chi connectivity index (χ1) is 9.25. The maximum Gasteiger partial charge on any atom is 0.369 e. The predicted octanol–water partition coefficient (Wildman–Crippen LogP) is 1.85. The van der Waals surface area contributed by atoms with Crippen molar-refractivity contribution in [2.45, 2.75) is 13.5 Å². The van der Waals surface area contributed by atoms with E-state index in [1.807, 2.05) is 48.7 Å². The first kappa shape index (κ1) is 11.9. The Bertz CT molecular complexity index is 742. The van der Waals surface area contributed by atoms with Gasteiger partial charge >= 0.3 is 5.69 Å². The van der Waals surface area contributed by atoms with Crippen LogP contribution in [0.5, 0.6) is 0 Å². The van der Waals surface area contributed by atoms with Gasteiger partial charge in [0.25, 0.3) is 0 Å². The van der Waals surface area contributed by atoms with Crippen molar-refractivity contribution in [3.8, 4) is 5.00 Å². The van der Waals surface area contributed by atoms with Crippen LogP contribution >= 0.6 is 11.3 Å². The molecular formula is C13H12N4OS. The van der Waals surface area contributed by atoms with E-state index in [9.17, 15) is 4.79 Å². The van der Waals surface area contributed by atoms with E-state index in [2.05, 4.69) is 10.4 Å². The van der Waals surface area contributed by atoms with Crippen molar-refractivity contribution in [2.24, 2.45) is 0 Å². The molecule has 1 aromatic carbocycles. The number of benzene rings is 1. The maximum atomic E-state index is 12.2. The van der Waals surface area contributed by atoms with Gasteiger partial charge in [-0.05, 0) is 46.0 Å². The molecule has 0 aliphatic heterocycles. The van der Waals surface area contributed by atoms with E-state index in [1.54, 1.807) is 0 Å². The minimum atomic E-state index is -0.217. The normalized spacial score (nSPS) is 10.8. The fourth-order valence-corrected chi connectivity index (χ4v) is 2.52. The molecule has 0 saturated heterocycles. The second-order valence-electron chi connectivity index (χ2n) is 4.21. The summed E-state index contributed by atoms with van der Waals surface area (Å²) in [6, 6.07) is 11.7. The molecule has 3 aromatic rings. The molecule has 0 aliphatic carbocycles. The molecular weight excluding hydrogens is 260 g/mol. The zero-order chi connectivity index (χ0) is 13.2. The van der Waals surface area contributed by atoms with Gasteiger partial charge in [0.1, 0.15) is 5.00 Å². The van der Waals surface area contributed by atoms with Crippen LogP contribution in [0.4, 0.5) is 0 Å². The zero-order valence-corrected chi connectivity index (χ0v) is 11.2. The number of nitrogens with zero attached hydrogens (tertiary/aromatic N) is 4. The summed E-state index contributed by atoms with van der Waals surface area (Å²) in [4.78, 5) is 12.2. The minimum Gasteiger partial charge on any atom is -0.244 e. The van der Waals surface area contributed by atoms with Crippen LogP contribution in [0.15, 0.2) is 46.6 Å². The molecule has 0 aliphatic rings. The zero-order valence-electron chi connectivity index (χ0n) is 10.4. The lowest BCUT2D eigenvalue weighted by atomic mass is 10.1. The molecule has 0 fully saturated rings. The summed E-state index contributed by atoms with van der Waals surface area (Å²) >= 11 is 1.46. The van der Waals surface area contributed by atoms with E-state index in [0.717, 1.165) is 16.1 Å². The first-order valence-corrected chi connectivity index (χ1v) is 6.75. The van der Waals surface area contributed by atoms with Crippen molar-refractivity contribution >= 4 is 11.3 Å². The Kier molecular flexibility index (Phi) is 3.00. The van der Waals surface area contributed by atoms with Gasteiger partial charge in [-0.2, -0.15) is 9.36 Å². The monoisotopic (exact) mass is 272 g/mol. The summed E-state index contributed by atoms with van der Waals surface area (Å²) in [6.45, 7) is 2.46. The van der Waals surface area contributed by atoms with Gasteiger partial charge in [-0.1, -0.05) is 24.3 Å². The van der Waals surface area contributed by atoms with Crippen LogP contribution in [0.1, 0.15) is 11.1 Å². The van der Waals surface area contributed by atoms with Crippen LogP contribution in [0.2, 0.25) is 0 Å². The summed E-state index contributed by atoms with van der Waals surface area (Å²) < 4.78 is 2.70. The Labute approximate surface area is 113 Å². The van der Waals surface area contributed by atoms with Crippen LogP contribution in [0.3, 0.4) is 0 Å². The maximum absolute atomic E-state index is 12.2. The van der Waals surface area contributed by atoms with E-state index in [1.165, 1.54) is 20.7 Å². The number of hydrogen-bond acceptors (Lipinski definition) is 4. The van der Waals surface area contributed by atoms with Crippen molar-refractivity contribution in [1.29, 1.82) is 0 Å². The lowest BCUT2D eigenvalue weighted by Crippen LogP contribution is -2.24. The molecule has 19 heavy (non-hydrogen) atoms. The Morgan fingerprint density at radius 3 is 2.74 bits per heavy atom. The lowest BCUT2D eigenvalue weighted by molar-refractivity contribution is 0.630. The SMILES string of the molecule is Cc1ccccc1Cn1nnn(-c2cccs2)c1=O. The number of thiophene rings is 1. The molecule has 0 spiro atoms. The molecule has 2 aromatic heterocycles. The molecule has 6 heteroatoms. The third-order valence-electron chi connectivity index (χ3n) is 2.94. The van der Waals surface area contributed by atoms with Crippen molar-refractivity contribution < 1.29 is 0 Å². The van der Waals surface area contributed by atoms with E-state index < -0.39 is 0 Å².